The zero-order valence-corrected chi connectivity index (χ0v) is 21.1. The van der Waals surface area contributed by atoms with Crippen molar-refractivity contribution in [2.24, 2.45) is 5.10 Å². The first-order valence-corrected chi connectivity index (χ1v) is 13.1. The third kappa shape index (κ3) is 14.0. The van der Waals surface area contributed by atoms with Gasteiger partial charge in [-0.05, 0) is 36.2 Å². The molecule has 2 N–H and O–H groups in total. The molecule has 0 unspecified atom stereocenters. The number of nitrogens with zero attached hydrogens (tertiary/aromatic N) is 1. The van der Waals surface area contributed by atoms with Gasteiger partial charge in [-0.1, -0.05) is 101 Å². The molecule has 0 heterocycles. The quantitative estimate of drug-likeness (QED) is 0.141. The van der Waals surface area contributed by atoms with Gasteiger partial charge in [-0.2, -0.15) is 5.10 Å². The van der Waals surface area contributed by atoms with Crippen molar-refractivity contribution in [3.05, 3.63) is 60.2 Å². The second-order valence-corrected chi connectivity index (χ2v) is 8.84. The van der Waals surface area contributed by atoms with Crippen molar-refractivity contribution in [1.82, 2.24) is 10.7 Å². The van der Waals surface area contributed by atoms with Crippen LogP contribution in [0.2, 0.25) is 0 Å². The molecular formula is C29H41N3O3. The van der Waals surface area contributed by atoms with Gasteiger partial charge in [0.1, 0.15) is 11.5 Å². The Hall–Kier alpha value is -3.15. The largest absolute Gasteiger partial charge is 0.457 e. The standard InChI is InChI=1S/C29H41N3O3/c1-2-3-4-5-6-7-8-9-10-11-15-21-28(33)30-24-29(34)32-31-23-25-17-16-20-27(22-25)35-26-18-13-12-14-19-26/h12-14,16-20,22-23H,2-11,15,21,24H2,1H3,(H,30,33)(H,32,34)/b31-23+. The molecule has 2 aromatic rings. The molecule has 0 aliphatic rings. The van der Waals surface area contributed by atoms with Crippen molar-refractivity contribution in [3.63, 3.8) is 0 Å². The summed E-state index contributed by atoms with van der Waals surface area (Å²) in [6.07, 6.45) is 15.7. The number of benzene rings is 2. The predicted molar refractivity (Wildman–Crippen MR) is 143 cm³/mol. The maximum Gasteiger partial charge on any atom is 0.259 e. The average Bonchev–Trinajstić information content (AvgIpc) is 2.87. The Morgan fingerprint density at radius 3 is 2.09 bits per heavy atom. The lowest BCUT2D eigenvalue weighted by Crippen LogP contribution is -2.34. The number of ether oxygens (including phenoxy) is 1. The SMILES string of the molecule is CCCCCCCCCCCCCC(=O)NCC(=O)N/N=C/c1cccc(Oc2ccccc2)c1. The number of amides is 2. The Bertz CT molecular complexity index is 884. The van der Waals surface area contributed by atoms with Crippen LogP contribution in [-0.2, 0) is 9.59 Å². The molecule has 0 bridgehead atoms. The zero-order valence-electron chi connectivity index (χ0n) is 21.1. The zero-order chi connectivity index (χ0) is 25.0. The van der Waals surface area contributed by atoms with Crippen LogP contribution < -0.4 is 15.5 Å². The third-order valence-corrected chi connectivity index (χ3v) is 5.69. The summed E-state index contributed by atoms with van der Waals surface area (Å²) >= 11 is 0. The number of hydrogen-bond donors (Lipinski definition) is 2. The highest BCUT2D eigenvalue weighted by molar-refractivity contribution is 5.86. The van der Waals surface area contributed by atoms with Crippen molar-refractivity contribution in [2.45, 2.75) is 84.0 Å². The molecule has 0 fully saturated rings. The van der Waals surface area contributed by atoms with Crippen LogP contribution in [0.3, 0.4) is 0 Å². The maximum absolute atomic E-state index is 11.9. The van der Waals surface area contributed by atoms with Crippen LogP contribution in [0.15, 0.2) is 59.7 Å². The Morgan fingerprint density at radius 1 is 0.771 bits per heavy atom. The van der Waals surface area contributed by atoms with Gasteiger partial charge < -0.3 is 10.1 Å². The molecule has 0 radical (unpaired) electrons. The summed E-state index contributed by atoms with van der Waals surface area (Å²) in [6.45, 7) is 2.17. The lowest BCUT2D eigenvalue weighted by atomic mass is 10.1. The number of carbonyl (C=O) groups is 2. The summed E-state index contributed by atoms with van der Waals surface area (Å²) in [4.78, 5) is 23.9. The summed E-state index contributed by atoms with van der Waals surface area (Å²) in [5.74, 6) is 0.982. The number of rotatable bonds is 18. The van der Waals surface area contributed by atoms with Gasteiger partial charge in [0.15, 0.2) is 0 Å². The minimum atomic E-state index is -0.356. The van der Waals surface area contributed by atoms with E-state index in [0.717, 1.165) is 24.2 Å². The van der Waals surface area contributed by atoms with Crippen molar-refractivity contribution in [3.8, 4) is 11.5 Å². The number of nitrogens with one attached hydrogen (secondary N) is 2. The van der Waals surface area contributed by atoms with Crippen molar-refractivity contribution in [1.29, 1.82) is 0 Å². The molecule has 0 aromatic heterocycles. The van der Waals surface area contributed by atoms with E-state index in [9.17, 15) is 9.59 Å². The summed E-state index contributed by atoms with van der Waals surface area (Å²) in [7, 11) is 0. The lowest BCUT2D eigenvalue weighted by Gasteiger charge is -2.06. The van der Waals surface area contributed by atoms with Gasteiger partial charge in [-0.15, -0.1) is 0 Å². The molecule has 6 heteroatoms. The van der Waals surface area contributed by atoms with Crippen molar-refractivity contribution < 1.29 is 14.3 Å². The summed E-state index contributed by atoms with van der Waals surface area (Å²) in [5.41, 5.74) is 3.23. The average molecular weight is 480 g/mol. The molecule has 0 saturated heterocycles. The van der Waals surface area contributed by atoms with E-state index in [-0.39, 0.29) is 18.4 Å². The first-order chi connectivity index (χ1) is 17.2. The van der Waals surface area contributed by atoms with Gasteiger partial charge in [0.05, 0.1) is 12.8 Å². The molecule has 190 valence electrons. The second kappa shape index (κ2) is 18.2. The van der Waals surface area contributed by atoms with Crippen molar-refractivity contribution in [2.75, 3.05) is 6.54 Å². The molecule has 0 spiro atoms. The van der Waals surface area contributed by atoms with E-state index in [0.29, 0.717) is 12.2 Å². The number of hydrogen-bond acceptors (Lipinski definition) is 4. The maximum atomic E-state index is 11.9. The minimum absolute atomic E-state index is 0.0780. The molecule has 2 aromatic carbocycles. The molecule has 6 nitrogen and oxygen atoms in total. The van der Waals surface area contributed by atoms with Gasteiger partial charge in [0.2, 0.25) is 5.91 Å². The fourth-order valence-electron chi connectivity index (χ4n) is 3.72. The number of hydrazone groups is 1. The molecule has 2 amide bonds. The van der Waals surface area contributed by atoms with Crippen LogP contribution in [-0.4, -0.2) is 24.6 Å². The molecular weight excluding hydrogens is 438 g/mol. The van der Waals surface area contributed by atoms with Crippen LogP contribution in [0.1, 0.15) is 89.5 Å². The van der Waals surface area contributed by atoms with E-state index in [1.807, 2.05) is 54.6 Å². The molecule has 0 aliphatic carbocycles. The molecule has 0 aliphatic heterocycles. The predicted octanol–water partition coefficient (Wildman–Crippen LogP) is 6.75. The van der Waals surface area contributed by atoms with E-state index in [1.165, 1.54) is 57.8 Å². The van der Waals surface area contributed by atoms with Crippen LogP contribution >= 0.6 is 0 Å². The fraction of sp³-hybridized carbons (Fsp3) is 0.483. The second-order valence-electron chi connectivity index (χ2n) is 8.84. The van der Waals surface area contributed by atoms with Crippen LogP contribution in [0.5, 0.6) is 11.5 Å². The fourth-order valence-corrected chi connectivity index (χ4v) is 3.72. The Balaban J connectivity index is 1.51. The van der Waals surface area contributed by atoms with Crippen LogP contribution in [0.4, 0.5) is 0 Å². The highest BCUT2D eigenvalue weighted by Gasteiger charge is 2.05. The van der Waals surface area contributed by atoms with Crippen LogP contribution in [0, 0.1) is 0 Å². The van der Waals surface area contributed by atoms with Gasteiger partial charge in [-0.3, -0.25) is 9.59 Å². The minimum Gasteiger partial charge on any atom is -0.457 e. The van der Waals surface area contributed by atoms with Gasteiger partial charge >= 0.3 is 0 Å². The third-order valence-electron chi connectivity index (χ3n) is 5.69. The lowest BCUT2D eigenvalue weighted by molar-refractivity contribution is -0.126. The van der Waals surface area contributed by atoms with Crippen LogP contribution in [0.25, 0.3) is 0 Å². The van der Waals surface area contributed by atoms with Gasteiger partial charge in [0, 0.05) is 6.42 Å². The van der Waals surface area contributed by atoms with E-state index >= 15 is 0 Å². The Morgan fingerprint density at radius 2 is 1.40 bits per heavy atom. The summed E-state index contributed by atoms with van der Waals surface area (Å²) < 4.78 is 5.80. The highest BCUT2D eigenvalue weighted by atomic mass is 16.5. The summed E-state index contributed by atoms with van der Waals surface area (Å²) in [5, 5.41) is 6.63. The van der Waals surface area contributed by atoms with Crippen molar-refractivity contribution >= 4 is 18.0 Å². The Labute approximate surface area is 210 Å². The molecule has 0 saturated carbocycles. The molecule has 35 heavy (non-hydrogen) atoms. The Kier molecular flexibility index (Phi) is 14.6. The number of carbonyl (C=O) groups excluding carboxylic acids is 2. The van der Waals surface area contributed by atoms with E-state index in [4.69, 9.17) is 4.74 Å². The van der Waals surface area contributed by atoms with E-state index in [2.05, 4.69) is 22.8 Å². The van der Waals surface area contributed by atoms with Gasteiger partial charge in [-0.25, -0.2) is 5.43 Å². The smallest absolute Gasteiger partial charge is 0.259 e. The highest BCUT2D eigenvalue weighted by Crippen LogP contribution is 2.21. The van der Waals surface area contributed by atoms with E-state index < -0.39 is 0 Å². The normalized spacial score (nSPS) is 10.9. The molecule has 2 rings (SSSR count). The number of para-hydroxylation sites is 1. The summed E-state index contributed by atoms with van der Waals surface area (Å²) in [6, 6.07) is 16.9. The topological polar surface area (TPSA) is 79.8 Å². The molecule has 0 atom stereocenters. The van der Waals surface area contributed by atoms with Gasteiger partial charge in [0.25, 0.3) is 5.91 Å². The first-order valence-electron chi connectivity index (χ1n) is 13.1. The van der Waals surface area contributed by atoms with E-state index in [1.54, 1.807) is 6.21 Å². The first kappa shape index (κ1) is 28.1. The monoisotopic (exact) mass is 479 g/mol. The number of unbranched alkanes of at least 4 members (excludes halogenated alkanes) is 10.